The fraction of sp³-hybridized carbons (Fsp3) is 1.00. The van der Waals surface area contributed by atoms with Crippen molar-refractivity contribution in [1.29, 1.82) is 0 Å². The molecule has 15 heavy (non-hydrogen) atoms. The van der Waals surface area contributed by atoms with Crippen molar-refractivity contribution in [2.24, 2.45) is 11.8 Å². The lowest BCUT2D eigenvalue weighted by Gasteiger charge is -2.22. The maximum Gasteiger partial charge on any atom is 0.00980 e. The fourth-order valence-corrected chi connectivity index (χ4v) is 3.51. The molecule has 2 aliphatic carbocycles. The van der Waals surface area contributed by atoms with Gasteiger partial charge in [-0.2, -0.15) is 0 Å². The fourth-order valence-electron chi connectivity index (χ4n) is 3.51. The molecule has 0 aromatic rings. The molecule has 0 spiro atoms. The van der Waals surface area contributed by atoms with Gasteiger partial charge in [-0.15, -0.1) is 0 Å². The molecular weight excluding hydrogens is 182 g/mol. The molecule has 0 radical (unpaired) electrons. The Balaban J connectivity index is 1.48. The first-order valence-corrected chi connectivity index (χ1v) is 7.13. The minimum atomic E-state index is 0.898. The van der Waals surface area contributed by atoms with Crippen LogP contribution in [0.2, 0.25) is 0 Å². The van der Waals surface area contributed by atoms with E-state index >= 15 is 0 Å². The van der Waals surface area contributed by atoms with Crippen LogP contribution in [0.15, 0.2) is 0 Å². The Morgan fingerprint density at radius 1 is 1.00 bits per heavy atom. The minimum absolute atomic E-state index is 0.898. The Bertz CT molecular complexity index is 178. The van der Waals surface area contributed by atoms with Crippen molar-refractivity contribution >= 4 is 0 Å². The summed E-state index contributed by atoms with van der Waals surface area (Å²) in [6.45, 7) is 3.56. The van der Waals surface area contributed by atoms with Gasteiger partial charge in [-0.3, -0.25) is 0 Å². The highest BCUT2D eigenvalue weighted by molar-refractivity contribution is 4.93. The molecule has 1 heteroatoms. The Morgan fingerprint density at radius 3 is 2.53 bits per heavy atom. The molecule has 0 aliphatic heterocycles. The number of hydrogen-bond acceptors (Lipinski definition) is 1. The van der Waals surface area contributed by atoms with Crippen LogP contribution < -0.4 is 5.32 Å². The van der Waals surface area contributed by atoms with Crippen LogP contribution >= 0.6 is 0 Å². The van der Waals surface area contributed by atoms with Gasteiger partial charge in [-0.25, -0.2) is 0 Å². The Morgan fingerprint density at radius 2 is 1.87 bits per heavy atom. The average Bonchev–Trinajstić information content (AvgIpc) is 2.85. The third-order valence-electron chi connectivity index (χ3n) is 4.42. The third-order valence-corrected chi connectivity index (χ3v) is 4.42. The molecule has 2 bridgehead atoms. The maximum absolute atomic E-state index is 3.79. The molecule has 3 atom stereocenters. The first kappa shape index (κ1) is 11.4. The molecule has 0 heterocycles. The Hall–Kier alpha value is -0.0400. The summed E-state index contributed by atoms with van der Waals surface area (Å²) in [5.41, 5.74) is 0. The van der Waals surface area contributed by atoms with Crippen LogP contribution in [0.1, 0.15) is 64.7 Å². The molecule has 2 aliphatic rings. The largest absolute Gasteiger partial charge is 0.314 e. The van der Waals surface area contributed by atoms with E-state index in [-0.39, 0.29) is 0 Å². The van der Waals surface area contributed by atoms with E-state index in [0.29, 0.717) is 0 Å². The van der Waals surface area contributed by atoms with E-state index in [0.717, 1.165) is 17.9 Å². The van der Waals surface area contributed by atoms with E-state index in [1.165, 1.54) is 64.3 Å². The third kappa shape index (κ3) is 3.21. The molecule has 0 aromatic carbocycles. The zero-order chi connectivity index (χ0) is 10.5. The van der Waals surface area contributed by atoms with Gasteiger partial charge >= 0.3 is 0 Å². The van der Waals surface area contributed by atoms with E-state index in [4.69, 9.17) is 0 Å². The quantitative estimate of drug-likeness (QED) is 0.630. The molecule has 88 valence electrons. The van der Waals surface area contributed by atoms with Crippen LogP contribution in [0.4, 0.5) is 0 Å². The molecule has 0 amide bonds. The number of rotatable bonds is 7. The van der Waals surface area contributed by atoms with Gasteiger partial charge in [0.25, 0.3) is 0 Å². The molecule has 3 unspecified atom stereocenters. The van der Waals surface area contributed by atoms with Crippen LogP contribution in [0.5, 0.6) is 0 Å². The Labute approximate surface area is 95.0 Å². The molecule has 2 rings (SSSR count). The molecule has 2 saturated carbocycles. The van der Waals surface area contributed by atoms with Gasteiger partial charge in [0.05, 0.1) is 0 Å². The monoisotopic (exact) mass is 209 g/mol. The summed E-state index contributed by atoms with van der Waals surface area (Å²) in [4.78, 5) is 0. The molecular formula is C14H27N. The van der Waals surface area contributed by atoms with Crippen LogP contribution in [-0.2, 0) is 0 Å². The predicted molar refractivity (Wildman–Crippen MR) is 66.0 cm³/mol. The molecule has 2 fully saturated rings. The number of unbranched alkanes of at least 4 members (excludes halogenated alkanes) is 4. The zero-order valence-electron chi connectivity index (χ0n) is 10.3. The van der Waals surface area contributed by atoms with E-state index in [1.54, 1.807) is 0 Å². The number of fused-ring (bicyclic) bond motifs is 2. The Kier molecular flexibility index (Phi) is 4.49. The standard InChI is InChI=1S/C14H27N/c1-2-3-4-5-6-9-15-14-11-12-7-8-13(14)10-12/h12-15H,2-11H2,1H3. The SMILES string of the molecule is CCCCCCCNC1CC2CCC1C2. The summed E-state index contributed by atoms with van der Waals surface area (Å²) in [6.07, 6.45) is 13.1. The lowest BCUT2D eigenvalue weighted by molar-refractivity contribution is 0.349. The van der Waals surface area contributed by atoms with Gasteiger partial charge in [0.15, 0.2) is 0 Å². The number of nitrogens with one attached hydrogen (secondary N) is 1. The van der Waals surface area contributed by atoms with E-state index in [2.05, 4.69) is 12.2 Å². The van der Waals surface area contributed by atoms with Gasteiger partial charge in [0.2, 0.25) is 0 Å². The summed E-state index contributed by atoms with van der Waals surface area (Å²) in [7, 11) is 0. The van der Waals surface area contributed by atoms with Crippen molar-refractivity contribution in [3.8, 4) is 0 Å². The van der Waals surface area contributed by atoms with E-state index in [1.807, 2.05) is 0 Å². The second kappa shape index (κ2) is 5.89. The highest BCUT2D eigenvalue weighted by Gasteiger charge is 2.38. The first-order chi connectivity index (χ1) is 7.40. The van der Waals surface area contributed by atoms with Crippen molar-refractivity contribution in [3.63, 3.8) is 0 Å². The second-order valence-electron chi connectivity index (χ2n) is 5.65. The summed E-state index contributed by atoms with van der Waals surface area (Å²) in [6, 6.07) is 0.898. The summed E-state index contributed by atoms with van der Waals surface area (Å²) >= 11 is 0. The minimum Gasteiger partial charge on any atom is -0.314 e. The van der Waals surface area contributed by atoms with Crippen molar-refractivity contribution in [2.75, 3.05) is 6.54 Å². The van der Waals surface area contributed by atoms with Gasteiger partial charge in [0, 0.05) is 6.04 Å². The number of hydrogen-bond donors (Lipinski definition) is 1. The van der Waals surface area contributed by atoms with E-state index in [9.17, 15) is 0 Å². The summed E-state index contributed by atoms with van der Waals surface area (Å²) in [5.74, 6) is 2.14. The van der Waals surface area contributed by atoms with Crippen molar-refractivity contribution in [2.45, 2.75) is 70.8 Å². The van der Waals surface area contributed by atoms with Gasteiger partial charge in [-0.1, -0.05) is 39.0 Å². The molecule has 0 saturated heterocycles. The summed E-state index contributed by atoms with van der Waals surface area (Å²) in [5, 5.41) is 3.79. The lowest BCUT2D eigenvalue weighted by Crippen LogP contribution is -2.34. The molecule has 1 N–H and O–H groups in total. The lowest BCUT2D eigenvalue weighted by atomic mass is 9.95. The zero-order valence-corrected chi connectivity index (χ0v) is 10.3. The second-order valence-corrected chi connectivity index (χ2v) is 5.65. The predicted octanol–water partition coefficient (Wildman–Crippen LogP) is 3.74. The van der Waals surface area contributed by atoms with Crippen LogP contribution in [0, 0.1) is 11.8 Å². The van der Waals surface area contributed by atoms with E-state index < -0.39 is 0 Å². The van der Waals surface area contributed by atoms with Crippen molar-refractivity contribution in [1.82, 2.24) is 5.32 Å². The topological polar surface area (TPSA) is 12.0 Å². The van der Waals surface area contributed by atoms with Gasteiger partial charge in [0.1, 0.15) is 0 Å². The summed E-state index contributed by atoms with van der Waals surface area (Å²) < 4.78 is 0. The van der Waals surface area contributed by atoms with Crippen molar-refractivity contribution < 1.29 is 0 Å². The molecule has 1 nitrogen and oxygen atoms in total. The van der Waals surface area contributed by atoms with Crippen LogP contribution in [-0.4, -0.2) is 12.6 Å². The van der Waals surface area contributed by atoms with Crippen LogP contribution in [0.25, 0.3) is 0 Å². The van der Waals surface area contributed by atoms with Gasteiger partial charge in [-0.05, 0) is 44.1 Å². The highest BCUT2D eigenvalue weighted by atomic mass is 14.9. The van der Waals surface area contributed by atoms with Crippen LogP contribution in [0.3, 0.4) is 0 Å². The van der Waals surface area contributed by atoms with Crippen molar-refractivity contribution in [3.05, 3.63) is 0 Å². The highest BCUT2D eigenvalue weighted by Crippen LogP contribution is 2.44. The average molecular weight is 209 g/mol. The smallest absolute Gasteiger partial charge is 0.00980 e. The molecule has 0 aromatic heterocycles. The van der Waals surface area contributed by atoms with Gasteiger partial charge < -0.3 is 5.32 Å². The maximum atomic E-state index is 3.79. The first-order valence-electron chi connectivity index (χ1n) is 7.13. The normalized spacial score (nSPS) is 33.8.